The molecule has 0 aromatic heterocycles. The fourth-order valence-corrected chi connectivity index (χ4v) is 2.59. The minimum atomic E-state index is -0.852. The van der Waals surface area contributed by atoms with Crippen molar-refractivity contribution in [2.24, 2.45) is 5.92 Å². The molecule has 2 unspecified atom stereocenters. The van der Waals surface area contributed by atoms with Crippen molar-refractivity contribution in [3.63, 3.8) is 0 Å². The predicted octanol–water partition coefficient (Wildman–Crippen LogP) is 3.14. The summed E-state index contributed by atoms with van der Waals surface area (Å²) in [7, 11) is 0. The molecule has 16 heavy (non-hydrogen) atoms. The number of carbonyl (C=O) groups is 1. The Kier molecular flexibility index (Phi) is 2.70. The largest absolute Gasteiger partial charge is 0.481 e. The standard InChI is InChI=1S/C13H15FO2/c1-7(2)9-6-10(13(15)16)8-4-3-5-11(14)12(8)9/h3-5,7,9-10H,6H2,1-2H3,(H,15,16). The SMILES string of the molecule is CC(C)C1CC(C(=O)O)c2cccc(F)c21. The summed E-state index contributed by atoms with van der Waals surface area (Å²) >= 11 is 0. The lowest BCUT2D eigenvalue weighted by molar-refractivity contribution is -0.138. The summed E-state index contributed by atoms with van der Waals surface area (Å²) in [5, 5.41) is 9.13. The van der Waals surface area contributed by atoms with E-state index in [-0.39, 0.29) is 17.7 Å². The molecular weight excluding hydrogens is 207 g/mol. The van der Waals surface area contributed by atoms with Crippen LogP contribution < -0.4 is 0 Å². The van der Waals surface area contributed by atoms with Crippen LogP contribution in [0.4, 0.5) is 4.39 Å². The zero-order valence-electron chi connectivity index (χ0n) is 9.40. The number of aliphatic carboxylic acids is 1. The molecule has 0 amide bonds. The molecule has 1 aliphatic carbocycles. The van der Waals surface area contributed by atoms with Crippen molar-refractivity contribution in [2.75, 3.05) is 0 Å². The molecule has 1 N–H and O–H groups in total. The molecule has 0 saturated carbocycles. The Balaban J connectivity index is 2.53. The zero-order chi connectivity index (χ0) is 11.9. The monoisotopic (exact) mass is 222 g/mol. The van der Waals surface area contributed by atoms with Crippen LogP contribution in [0.1, 0.15) is 43.2 Å². The maximum Gasteiger partial charge on any atom is 0.311 e. The second-order valence-electron chi connectivity index (χ2n) is 4.72. The van der Waals surface area contributed by atoms with Crippen molar-refractivity contribution in [2.45, 2.75) is 32.1 Å². The first kappa shape index (κ1) is 11.1. The van der Waals surface area contributed by atoms with Gasteiger partial charge in [-0.15, -0.1) is 0 Å². The van der Waals surface area contributed by atoms with E-state index in [1.165, 1.54) is 6.07 Å². The van der Waals surface area contributed by atoms with Crippen LogP contribution in [-0.4, -0.2) is 11.1 Å². The topological polar surface area (TPSA) is 37.3 Å². The van der Waals surface area contributed by atoms with E-state index in [4.69, 9.17) is 5.11 Å². The maximum atomic E-state index is 13.7. The van der Waals surface area contributed by atoms with E-state index >= 15 is 0 Å². The van der Waals surface area contributed by atoms with Crippen molar-refractivity contribution in [3.8, 4) is 0 Å². The number of rotatable bonds is 2. The normalized spacial score (nSPS) is 23.5. The highest BCUT2D eigenvalue weighted by Crippen LogP contribution is 2.46. The summed E-state index contributed by atoms with van der Waals surface area (Å²) in [6.45, 7) is 4.01. The van der Waals surface area contributed by atoms with Crippen molar-refractivity contribution in [1.82, 2.24) is 0 Å². The molecule has 3 heteroatoms. The molecule has 1 aromatic carbocycles. The first-order chi connectivity index (χ1) is 7.52. The quantitative estimate of drug-likeness (QED) is 0.834. The number of halogens is 1. The summed E-state index contributed by atoms with van der Waals surface area (Å²) in [4.78, 5) is 11.1. The van der Waals surface area contributed by atoms with Crippen LogP contribution in [0.3, 0.4) is 0 Å². The minimum absolute atomic E-state index is 0.0253. The van der Waals surface area contributed by atoms with E-state index in [0.717, 1.165) is 0 Å². The van der Waals surface area contributed by atoms with E-state index in [0.29, 0.717) is 17.5 Å². The summed E-state index contributed by atoms with van der Waals surface area (Å²) in [5.74, 6) is -1.37. The molecule has 2 atom stereocenters. The van der Waals surface area contributed by atoms with E-state index in [2.05, 4.69) is 0 Å². The lowest BCUT2D eigenvalue weighted by Gasteiger charge is -2.15. The molecule has 0 heterocycles. The smallest absolute Gasteiger partial charge is 0.311 e. The van der Waals surface area contributed by atoms with Gasteiger partial charge in [0.05, 0.1) is 5.92 Å². The number of hydrogen-bond acceptors (Lipinski definition) is 1. The van der Waals surface area contributed by atoms with E-state index in [9.17, 15) is 9.18 Å². The van der Waals surface area contributed by atoms with Crippen LogP contribution in [0.2, 0.25) is 0 Å². The van der Waals surface area contributed by atoms with Gasteiger partial charge in [-0.3, -0.25) is 4.79 Å². The molecule has 0 spiro atoms. The highest BCUT2D eigenvalue weighted by molar-refractivity contribution is 5.78. The number of fused-ring (bicyclic) bond motifs is 1. The lowest BCUT2D eigenvalue weighted by atomic mass is 9.89. The van der Waals surface area contributed by atoms with Gasteiger partial charge in [-0.1, -0.05) is 26.0 Å². The summed E-state index contributed by atoms with van der Waals surface area (Å²) in [6, 6.07) is 4.74. The van der Waals surface area contributed by atoms with Gasteiger partial charge in [-0.2, -0.15) is 0 Å². The third-order valence-corrected chi connectivity index (χ3v) is 3.43. The summed E-state index contributed by atoms with van der Waals surface area (Å²) < 4.78 is 13.7. The van der Waals surface area contributed by atoms with Gasteiger partial charge in [-0.25, -0.2) is 4.39 Å². The van der Waals surface area contributed by atoms with Crippen molar-refractivity contribution in [3.05, 3.63) is 35.1 Å². The van der Waals surface area contributed by atoms with Crippen LogP contribution in [0, 0.1) is 11.7 Å². The third kappa shape index (κ3) is 1.60. The fourth-order valence-electron chi connectivity index (χ4n) is 2.59. The molecule has 2 nitrogen and oxygen atoms in total. The maximum absolute atomic E-state index is 13.7. The van der Waals surface area contributed by atoms with Gasteiger partial charge < -0.3 is 5.11 Å². The van der Waals surface area contributed by atoms with Gasteiger partial charge in [0.15, 0.2) is 0 Å². The Hall–Kier alpha value is -1.38. The highest BCUT2D eigenvalue weighted by atomic mass is 19.1. The van der Waals surface area contributed by atoms with Crippen LogP contribution >= 0.6 is 0 Å². The predicted molar refractivity (Wildman–Crippen MR) is 59.0 cm³/mol. The minimum Gasteiger partial charge on any atom is -0.481 e. The van der Waals surface area contributed by atoms with E-state index in [1.807, 2.05) is 13.8 Å². The molecule has 0 aliphatic heterocycles. The van der Waals surface area contributed by atoms with Crippen LogP contribution in [0.15, 0.2) is 18.2 Å². The van der Waals surface area contributed by atoms with E-state index in [1.54, 1.807) is 12.1 Å². The molecule has 2 rings (SSSR count). The van der Waals surface area contributed by atoms with Gasteiger partial charge in [0, 0.05) is 0 Å². The average Bonchev–Trinajstić information content (AvgIpc) is 2.58. The van der Waals surface area contributed by atoms with Gasteiger partial charge in [0.1, 0.15) is 5.82 Å². The van der Waals surface area contributed by atoms with Gasteiger partial charge >= 0.3 is 5.97 Å². The molecule has 0 saturated heterocycles. The third-order valence-electron chi connectivity index (χ3n) is 3.43. The molecule has 1 aromatic rings. The van der Waals surface area contributed by atoms with Crippen molar-refractivity contribution >= 4 is 5.97 Å². The molecular formula is C13H15FO2. The molecule has 0 radical (unpaired) electrons. The Morgan fingerprint density at radius 2 is 2.19 bits per heavy atom. The van der Waals surface area contributed by atoms with Crippen LogP contribution in [0.5, 0.6) is 0 Å². The Morgan fingerprint density at radius 1 is 1.50 bits per heavy atom. The number of carboxylic acids is 1. The van der Waals surface area contributed by atoms with Gasteiger partial charge in [-0.05, 0) is 35.4 Å². The Bertz CT molecular complexity index is 426. The molecule has 0 bridgehead atoms. The second-order valence-corrected chi connectivity index (χ2v) is 4.72. The molecule has 1 aliphatic rings. The summed E-state index contributed by atoms with van der Waals surface area (Å²) in [5.41, 5.74) is 1.27. The zero-order valence-corrected chi connectivity index (χ0v) is 9.40. The van der Waals surface area contributed by atoms with Crippen LogP contribution in [0.25, 0.3) is 0 Å². The second kappa shape index (κ2) is 3.89. The Labute approximate surface area is 94.1 Å². The number of benzene rings is 1. The van der Waals surface area contributed by atoms with Crippen molar-refractivity contribution in [1.29, 1.82) is 0 Å². The Morgan fingerprint density at radius 3 is 2.75 bits per heavy atom. The van der Waals surface area contributed by atoms with Crippen LogP contribution in [-0.2, 0) is 4.79 Å². The lowest BCUT2D eigenvalue weighted by Crippen LogP contribution is -2.09. The van der Waals surface area contributed by atoms with Gasteiger partial charge in [0.2, 0.25) is 0 Å². The first-order valence-electron chi connectivity index (χ1n) is 5.53. The average molecular weight is 222 g/mol. The number of carboxylic acid groups (broad SMARTS) is 1. The number of hydrogen-bond donors (Lipinski definition) is 1. The molecule has 0 fully saturated rings. The molecule has 86 valence electrons. The van der Waals surface area contributed by atoms with Gasteiger partial charge in [0.25, 0.3) is 0 Å². The summed E-state index contributed by atoms with van der Waals surface area (Å²) in [6.07, 6.45) is 0.517. The van der Waals surface area contributed by atoms with Crippen molar-refractivity contribution < 1.29 is 14.3 Å². The fraction of sp³-hybridized carbons (Fsp3) is 0.462. The highest BCUT2D eigenvalue weighted by Gasteiger charge is 2.38. The van der Waals surface area contributed by atoms with E-state index < -0.39 is 11.9 Å². The first-order valence-corrected chi connectivity index (χ1v) is 5.53.